The predicted molar refractivity (Wildman–Crippen MR) is 94.1 cm³/mol. The highest BCUT2D eigenvalue weighted by Crippen LogP contribution is 2.39. The number of hydrogen-bond donors (Lipinski definition) is 0. The molecule has 0 bridgehead atoms. The van der Waals surface area contributed by atoms with Gasteiger partial charge in [0.15, 0.2) is 0 Å². The van der Waals surface area contributed by atoms with Gasteiger partial charge in [0, 0.05) is 24.0 Å². The second kappa shape index (κ2) is 6.33. The highest BCUT2D eigenvalue weighted by Gasteiger charge is 2.28. The summed E-state index contributed by atoms with van der Waals surface area (Å²) in [5.41, 5.74) is 4.51. The van der Waals surface area contributed by atoms with Gasteiger partial charge >= 0.3 is 0 Å². The molecular weight excluding hydrogens is 294 g/mol. The molecule has 1 aromatic heterocycles. The Bertz CT molecular complexity index is 880. The fourth-order valence-electron chi connectivity index (χ4n) is 3.07. The molecule has 0 N–H and O–H groups in total. The molecule has 0 aliphatic heterocycles. The van der Waals surface area contributed by atoms with E-state index in [2.05, 4.69) is 46.1 Å². The molecule has 1 aliphatic rings. The Hall–Kier alpha value is -2.86. The van der Waals surface area contributed by atoms with Crippen molar-refractivity contribution in [2.75, 3.05) is 0 Å². The highest BCUT2D eigenvalue weighted by atomic mass is 15.1. The van der Waals surface area contributed by atoms with Crippen molar-refractivity contribution in [3.8, 4) is 11.8 Å². The topological polar surface area (TPSA) is 41.6 Å². The van der Waals surface area contributed by atoms with Crippen LogP contribution in [-0.2, 0) is 12.8 Å². The van der Waals surface area contributed by atoms with Crippen molar-refractivity contribution in [1.82, 2.24) is 9.55 Å². The third-order valence-corrected chi connectivity index (χ3v) is 4.59. The molecule has 3 nitrogen and oxygen atoms in total. The number of rotatable bonds is 5. The minimum Gasteiger partial charge on any atom is -0.304 e. The third kappa shape index (κ3) is 3.09. The van der Waals surface area contributed by atoms with Gasteiger partial charge in [0.05, 0.1) is 11.6 Å². The molecule has 1 saturated carbocycles. The molecule has 24 heavy (non-hydrogen) atoms. The Morgan fingerprint density at radius 3 is 2.58 bits per heavy atom. The summed E-state index contributed by atoms with van der Waals surface area (Å²) < 4.78 is 2.23. The van der Waals surface area contributed by atoms with E-state index in [9.17, 15) is 0 Å². The highest BCUT2D eigenvalue weighted by molar-refractivity contribution is 5.39. The maximum Gasteiger partial charge on any atom is 0.116 e. The van der Waals surface area contributed by atoms with E-state index in [1.807, 2.05) is 30.5 Å². The molecule has 0 atom stereocenters. The molecule has 0 unspecified atom stereocenters. The summed E-state index contributed by atoms with van der Waals surface area (Å²) >= 11 is 0. The number of nitrogens with zero attached hydrogens (tertiary/aromatic N) is 3. The third-order valence-electron chi connectivity index (χ3n) is 4.59. The molecule has 0 spiro atoms. The summed E-state index contributed by atoms with van der Waals surface area (Å²) in [5.74, 6) is 1.83. The number of aromatic nitrogens is 2. The number of imidazole rings is 1. The molecule has 2 aromatic carbocycles. The molecule has 4 rings (SSSR count). The summed E-state index contributed by atoms with van der Waals surface area (Å²) in [5, 5.41) is 8.87. The van der Waals surface area contributed by atoms with Gasteiger partial charge in [-0.05, 0) is 61.1 Å². The minimum atomic E-state index is 0.641. The van der Waals surface area contributed by atoms with Crippen LogP contribution >= 0.6 is 0 Å². The Balaban J connectivity index is 1.50. The van der Waals surface area contributed by atoms with Gasteiger partial charge in [-0.1, -0.05) is 24.3 Å². The lowest BCUT2D eigenvalue weighted by Crippen LogP contribution is -2.00. The quantitative estimate of drug-likeness (QED) is 0.700. The van der Waals surface area contributed by atoms with Gasteiger partial charge in [-0.15, -0.1) is 0 Å². The average molecular weight is 313 g/mol. The van der Waals surface area contributed by atoms with Crippen molar-refractivity contribution in [3.05, 3.63) is 83.4 Å². The van der Waals surface area contributed by atoms with Gasteiger partial charge in [-0.3, -0.25) is 0 Å². The van der Waals surface area contributed by atoms with Crippen LogP contribution in [0.3, 0.4) is 0 Å². The maximum atomic E-state index is 8.87. The molecule has 118 valence electrons. The molecule has 0 amide bonds. The van der Waals surface area contributed by atoms with Gasteiger partial charge in [-0.2, -0.15) is 5.26 Å². The van der Waals surface area contributed by atoms with Crippen molar-refractivity contribution in [3.63, 3.8) is 0 Å². The second-order valence-electron chi connectivity index (χ2n) is 6.41. The Morgan fingerprint density at radius 2 is 1.83 bits per heavy atom. The number of nitriles is 1. The van der Waals surface area contributed by atoms with Crippen LogP contribution in [0, 0.1) is 11.3 Å². The zero-order chi connectivity index (χ0) is 16.4. The zero-order valence-corrected chi connectivity index (χ0v) is 13.5. The lowest BCUT2D eigenvalue weighted by molar-refractivity contribution is 0.875. The van der Waals surface area contributed by atoms with E-state index in [-0.39, 0.29) is 0 Å². The first-order valence-corrected chi connectivity index (χ1v) is 8.45. The fourth-order valence-corrected chi connectivity index (χ4v) is 3.07. The standard InChI is InChI=1S/C21H19N3/c22-15-18-8-5-16(6-9-18)4-7-17-2-1-3-20(14-17)24-13-12-23-21(24)19-10-11-19/h1-3,5-6,8-9,12-14,19H,4,7,10-11H2. The summed E-state index contributed by atoms with van der Waals surface area (Å²) in [4.78, 5) is 4.53. The molecule has 3 aromatic rings. The van der Waals surface area contributed by atoms with Crippen LogP contribution in [0.25, 0.3) is 5.69 Å². The summed E-state index contributed by atoms with van der Waals surface area (Å²) in [7, 11) is 0. The van der Waals surface area contributed by atoms with Gasteiger partial charge in [-0.25, -0.2) is 4.98 Å². The molecule has 0 radical (unpaired) electrons. The van der Waals surface area contributed by atoms with E-state index in [4.69, 9.17) is 5.26 Å². The zero-order valence-electron chi connectivity index (χ0n) is 13.5. The van der Waals surface area contributed by atoms with Gasteiger partial charge in [0.2, 0.25) is 0 Å². The van der Waals surface area contributed by atoms with Crippen LogP contribution in [0.1, 0.15) is 41.3 Å². The van der Waals surface area contributed by atoms with Gasteiger partial charge in [0.1, 0.15) is 5.82 Å². The molecular formula is C21H19N3. The normalized spacial score (nSPS) is 13.6. The van der Waals surface area contributed by atoms with Crippen molar-refractivity contribution in [2.24, 2.45) is 0 Å². The summed E-state index contributed by atoms with van der Waals surface area (Å²) in [6.45, 7) is 0. The molecule has 1 fully saturated rings. The monoisotopic (exact) mass is 313 g/mol. The van der Waals surface area contributed by atoms with Crippen LogP contribution in [0.15, 0.2) is 60.9 Å². The van der Waals surface area contributed by atoms with E-state index in [1.165, 1.54) is 35.5 Å². The van der Waals surface area contributed by atoms with Crippen LogP contribution in [0.5, 0.6) is 0 Å². The van der Waals surface area contributed by atoms with Gasteiger partial charge < -0.3 is 4.57 Å². The van der Waals surface area contributed by atoms with E-state index >= 15 is 0 Å². The Morgan fingerprint density at radius 1 is 1.04 bits per heavy atom. The largest absolute Gasteiger partial charge is 0.304 e. The van der Waals surface area contributed by atoms with Crippen molar-refractivity contribution in [2.45, 2.75) is 31.6 Å². The van der Waals surface area contributed by atoms with E-state index in [1.54, 1.807) is 0 Å². The average Bonchev–Trinajstić information content (AvgIpc) is 3.37. The first kappa shape index (κ1) is 14.7. The maximum absolute atomic E-state index is 8.87. The van der Waals surface area contributed by atoms with Crippen LogP contribution in [0.2, 0.25) is 0 Å². The predicted octanol–water partition coefficient (Wildman–Crippen LogP) is 4.41. The SMILES string of the molecule is N#Cc1ccc(CCc2cccc(-n3ccnc3C3CC3)c2)cc1. The second-order valence-corrected chi connectivity index (χ2v) is 6.41. The number of hydrogen-bond acceptors (Lipinski definition) is 2. The molecule has 0 saturated heterocycles. The Labute approximate surface area is 142 Å². The van der Waals surface area contributed by atoms with Crippen LogP contribution < -0.4 is 0 Å². The number of aryl methyl sites for hydroxylation is 2. The molecule has 3 heteroatoms. The van der Waals surface area contributed by atoms with Crippen LogP contribution in [-0.4, -0.2) is 9.55 Å². The van der Waals surface area contributed by atoms with Crippen molar-refractivity contribution >= 4 is 0 Å². The lowest BCUT2D eigenvalue weighted by atomic mass is 10.0. The van der Waals surface area contributed by atoms with Crippen LogP contribution in [0.4, 0.5) is 0 Å². The van der Waals surface area contributed by atoms with Gasteiger partial charge in [0.25, 0.3) is 0 Å². The first-order chi connectivity index (χ1) is 11.8. The minimum absolute atomic E-state index is 0.641. The van der Waals surface area contributed by atoms with E-state index in [0.717, 1.165) is 12.8 Å². The summed E-state index contributed by atoms with van der Waals surface area (Å²) in [6.07, 6.45) is 8.46. The van der Waals surface area contributed by atoms with Crippen molar-refractivity contribution < 1.29 is 0 Å². The first-order valence-electron chi connectivity index (χ1n) is 8.45. The fraction of sp³-hybridized carbons (Fsp3) is 0.238. The van der Waals surface area contributed by atoms with E-state index < -0.39 is 0 Å². The van der Waals surface area contributed by atoms with Crippen molar-refractivity contribution in [1.29, 1.82) is 5.26 Å². The lowest BCUT2D eigenvalue weighted by Gasteiger charge is -2.09. The summed E-state index contributed by atoms with van der Waals surface area (Å²) in [6, 6.07) is 18.7. The molecule has 1 aliphatic carbocycles. The Kier molecular flexibility index (Phi) is 3.88. The smallest absolute Gasteiger partial charge is 0.116 e. The molecule has 1 heterocycles. The number of benzene rings is 2. The van der Waals surface area contributed by atoms with E-state index in [0.29, 0.717) is 11.5 Å².